The van der Waals surface area contributed by atoms with Crippen molar-refractivity contribution in [2.45, 2.75) is 109 Å². The molecule has 4 heteroatoms. The molecule has 2 saturated carbocycles. The highest BCUT2D eigenvalue weighted by Crippen LogP contribution is 2.52. The Balaban J connectivity index is 1.05. The zero-order valence-corrected chi connectivity index (χ0v) is 32.0. The quantitative estimate of drug-likeness (QED) is 0.187. The average Bonchev–Trinajstić information content (AvgIpc) is 3.44. The fraction of sp³-hybridized carbons (Fsp3) is 0.367. The maximum Gasteiger partial charge on any atom is 0.124 e. The lowest BCUT2D eigenvalue weighted by Crippen LogP contribution is -2.29. The van der Waals surface area contributed by atoms with Gasteiger partial charge in [0.25, 0.3) is 0 Å². The predicted molar refractivity (Wildman–Crippen MR) is 221 cm³/mol. The van der Waals surface area contributed by atoms with Crippen molar-refractivity contribution in [1.82, 2.24) is 9.97 Å². The molecule has 53 heavy (non-hydrogen) atoms. The van der Waals surface area contributed by atoms with E-state index in [2.05, 4.69) is 107 Å². The van der Waals surface area contributed by atoms with E-state index in [4.69, 9.17) is 15.0 Å². The first kappa shape index (κ1) is 34.0. The summed E-state index contributed by atoms with van der Waals surface area (Å²) in [5.41, 5.74) is 11.9. The fourth-order valence-corrected chi connectivity index (χ4v) is 9.82. The molecular formula is C49H51N3O. The molecular weight excluding hydrogens is 647 g/mol. The van der Waals surface area contributed by atoms with Gasteiger partial charge in [0.2, 0.25) is 0 Å². The Bertz CT molecular complexity index is 2400. The summed E-state index contributed by atoms with van der Waals surface area (Å²) in [6.07, 6.45) is 16.6. The number of aromatic hydroxyl groups is 1. The van der Waals surface area contributed by atoms with Gasteiger partial charge in [0.15, 0.2) is 0 Å². The summed E-state index contributed by atoms with van der Waals surface area (Å²) in [4.78, 5) is 15.1. The third kappa shape index (κ3) is 5.95. The number of aliphatic imine (C=N–C) groups is 1. The zero-order valence-electron chi connectivity index (χ0n) is 32.0. The van der Waals surface area contributed by atoms with Crippen LogP contribution in [0, 0.1) is 5.41 Å². The number of hydrogen-bond donors (Lipinski definition) is 1. The first-order chi connectivity index (χ1) is 25.5. The molecule has 3 heterocycles. The molecule has 0 atom stereocenters. The van der Waals surface area contributed by atoms with Crippen molar-refractivity contribution in [2.24, 2.45) is 10.4 Å². The van der Waals surface area contributed by atoms with Crippen LogP contribution in [0.5, 0.6) is 5.75 Å². The van der Waals surface area contributed by atoms with Crippen LogP contribution in [-0.2, 0) is 10.8 Å². The number of benzene rings is 4. The van der Waals surface area contributed by atoms with E-state index in [1.54, 1.807) is 0 Å². The van der Waals surface area contributed by atoms with Gasteiger partial charge in [-0.05, 0) is 119 Å². The topological polar surface area (TPSA) is 58.4 Å². The second-order valence-corrected chi connectivity index (χ2v) is 17.9. The third-order valence-electron chi connectivity index (χ3n) is 13.2. The molecule has 0 saturated heterocycles. The number of aromatic nitrogens is 2. The molecule has 0 unspecified atom stereocenters. The Morgan fingerprint density at radius 2 is 1.47 bits per heavy atom. The Labute approximate surface area is 314 Å². The van der Waals surface area contributed by atoms with E-state index in [1.165, 1.54) is 74.5 Å². The van der Waals surface area contributed by atoms with E-state index in [-0.39, 0.29) is 11.2 Å². The lowest BCUT2D eigenvalue weighted by atomic mass is 9.62. The number of pyridine rings is 2. The molecule has 0 bridgehead atoms. The average molecular weight is 698 g/mol. The smallest absolute Gasteiger partial charge is 0.124 e. The van der Waals surface area contributed by atoms with Gasteiger partial charge in [0, 0.05) is 45.1 Å². The van der Waals surface area contributed by atoms with Crippen molar-refractivity contribution in [3.8, 4) is 28.1 Å². The highest BCUT2D eigenvalue weighted by molar-refractivity contribution is 6.21. The summed E-state index contributed by atoms with van der Waals surface area (Å²) in [6, 6.07) is 30.6. The number of phenols is 1. The second kappa shape index (κ2) is 12.6. The van der Waals surface area contributed by atoms with E-state index in [9.17, 15) is 5.11 Å². The van der Waals surface area contributed by atoms with Crippen molar-refractivity contribution in [3.63, 3.8) is 0 Å². The minimum Gasteiger partial charge on any atom is -0.507 e. The van der Waals surface area contributed by atoms with Crippen LogP contribution < -0.4 is 0 Å². The van der Waals surface area contributed by atoms with E-state index in [0.717, 1.165) is 61.0 Å². The van der Waals surface area contributed by atoms with Gasteiger partial charge in [0.1, 0.15) is 5.75 Å². The standard InChI is InChI=1S/C49H51N3O/c1-47(2,3)37-15-16-38(43(53)29-37)46-48(4,5)40-17-13-36-30-51-41-18-14-35(27-39(41)44(36)45(40)52-46)42-28-34(21-26-50-42)32-11-9-31(10-12-32)33-19-24-49(25-20-33)22-7-6-8-23-49/h9-18,21,26-30,33,53H,6-8,19-20,22-25H2,1-5H3. The molecule has 0 radical (unpaired) electrons. The van der Waals surface area contributed by atoms with Gasteiger partial charge < -0.3 is 5.11 Å². The Morgan fingerprint density at radius 3 is 2.21 bits per heavy atom. The fourth-order valence-electron chi connectivity index (χ4n) is 9.82. The molecule has 1 aliphatic heterocycles. The van der Waals surface area contributed by atoms with Gasteiger partial charge >= 0.3 is 0 Å². The second-order valence-electron chi connectivity index (χ2n) is 17.9. The lowest BCUT2D eigenvalue weighted by molar-refractivity contribution is 0.114. The predicted octanol–water partition coefficient (Wildman–Crippen LogP) is 13.1. The van der Waals surface area contributed by atoms with Crippen molar-refractivity contribution in [3.05, 3.63) is 120 Å². The molecule has 1 spiro atoms. The summed E-state index contributed by atoms with van der Waals surface area (Å²) >= 11 is 0. The molecule has 4 nitrogen and oxygen atoms in total. The maximum absolute atomic E-state index is 11.3. The number of hydrogen-bond acceptors (Lipinski definition) is 4. The van der Waals surface area contributed by atoms with Gasteiger partial charge in [-0.15, -0.1) is 0 Å². The van der Waals surface area contributed by atoms with Crippen LogP contribution in [-0.4, -0.2) is 20.8 Å². The van der Waals surface area contributed by atoms with Gasteiger partial charge in [-0.3, -0.25) is 15.0 Å². The SMILES string of the molecule is CC(C)(C)c1ccc(C2=Nc3c(ccc4cnc5ccc(-c6cc(-c7ccc(C8CCC9(CCCCC9)CC8)cc7)ccn6)cc5c34)C2(C)C)c(O)c1. The van der Waals surface area contributed by atoms with Crippen molar-refractivity contribution in [2.75, 3.05) is 0 Å². The number of rotatable bonds is 4. The van der Waals surface area contributed by atoms with E-state index in [0.29, 0.717) is 11.3 Å². The maximum atomic E-state index is 11.3. The molecule has 9 rings (SSSR count). The Morgan fingerprint density at radius 1 is 0.717 bits per heavy atom. The largest absolute Gasteiger partial charge is 0.507 e. The number of nitrogens with zero attached hydrogens (tertiary/aromatic N) is 3. The van der Waals surface area contributed by atoms with Crippen LogP contribution in [0.25, 0.3) is 44.1 Å². The number of fused-ring (bicyclic) bond motifs is 5. The lowest BCUT2D eigenvalue weighted by Gasteiger charge is -2.43. The summed E-state index contributed by atoms with van der Waals surface area (Å²) in [7, 11) is 0. The molecule has 2 fully saturated rings. The molecule has 3 aliphatic rings. The van der Waals surface area contributed by atoms with Crippen molar-refractivity contribution >= 4 is 33.1 Å². The Hall–Kier alpha value is -4.83. The Kier molecular flexibility index (Phi) is 8.11. The zero-order chi connectivity index (χ0) is 36.5. The van der Waals surface area contributed by atoms with E-state index >= 15 is 0 Å². The molecule has 1 N–H and O–H groups in total. The van der Waals surface area contributed by atoms with Crippen molar-refractivity contribution in [1.29, 1.82) is 0 Å². The summed E-state index contributed by atoms with van der Waals surface area (Å²) < 4.78 is 0. The van der Waals surface area contributed by atoms with Crippen LogP contribution in [0.1, 0.15) is 121 Å². The molecule has 2 aliphatic carbocycles. The van der Waals surface area contributed by atoms with Crippen LogP contribution in [0.2, 0.25) is 0 Å². The third-order valence-corrected chi connectivity index (χ3v) is 13.2. The normalized spacial score (nSPS) is 18.4. The summed E-state index contributed by atoms with van der Waals surface area (Å²) in [5, 5.41) is 14.5. The molecule has 6 aromatic rings. The highest BCUT2D eigenvalue weighted by atomic mass is 16.3. The minimum atomic E-state index is -0.391. The molecule has 2 aromatic heterocycles. The van der Waals surface area contributed by atoms with E-state index in [1.807, 2.05) is 24.5 Å². The molecule has 268 valence electrons. The first-order valence-electron chi connectivity index (χ1n) is 19.8. The molecule has 4 aromatic carbocycles. The van der Waals surface area contributed by atoms with Gasteiger partial charge in [-0.2, -0.15) is 0 Å². The van der Waals surface area contributed by atoms with Crippen LogP contribution in [0.3, 0.4) is 0 Å². The van der Waals surface area contributed by atoms with Crippen LogP contribution >= 0.6 is 0 Å². The first-order valence-corrected chi connectivity index (χ1v) is 19.8. The molecule has 0 amide bonds. The van der Waals surface area contributed by atoms with Gasteiger partial charge in [0.05, 0.1) is 22.6 Å². The van der Waals surface area contributed by atoms with Crippen molar-refractivity contribution < 1.29 is 5.11 Å². The van der Waals surface area contributed by atoms with Gasteiger partial charge in [-0.25, -0.2) is 0 Å². The number of phenolic OH excluding ortho intramolecular Hbond substituents is 1. The van der Waals surface area contributed by atoms with Crippen LogP contribution in [0.15, 0.2) is 102 Å². The highest BCUT2D eigenvalue weighted by Gasteiger charge is 2.39. The van der Waals surface area contributed by atoms with E-state index < -0.39 is 5.41 Å². The summed E-state index contributed by atoms with van der Waals surface area (Å²) in [6.45, 7) is 10.9. The monoisotopic (exact) mass is 697 g/mol. The van der Waals surface area contributed by atoms with Crippen LogP contribution in [0.4, 0.5) is 5.69 Å². The summed E-state index contributed by atoms with van der Waals surface area (Å²) in [5.74, 6) is 0.968. The minimum absolute atomic E-state index is 0.0578. The van der Waals surface area contributed by atoms with Gasteiger partial charge in [-0.1, -0.05) is 102 Å².